The maximum Gasteiger partial charge on any atom is 0.337 e. The summed E-state index contributed by atoms with van der Waals surface area (Å²) in [5, 5.41) is 13.0. The molecule has 0 amide bonds. The molecule has 0 saturated heterocycles. The van der Waals surface area contributed by atoms with Crippen LogP contribution >= 0.6 is 0 Å². The number of carboxylic acids is 1. The summed E-state index contributed by atoms with van der Waals surface area (Å²) in [5.74, 6) is -0.817. The van der Waals surface area contributed by atoms with E-state index in [4.69, 9.17) is 10.8 Å². The first-order chi connectivity index (χ1) is 9.54. The number of nitrogens with zero attached hydrogens (tertiary/aromatic N) is 4. The first-order valence-corrected chi connectivity index (χ1v) is 5.87. The van der Waals surface area contributed by atoms with Crippen LogP contribution in [-0.2, 0) is 0 Å². The summed E-state index contributed by atoms with van der Waals surface area (Å²) in [6, 6.07) is 5.20. The van der Waals surface area contributed by atoms with Gasteiger partial charge in [-0.1, -0.05) is 0 Å². The van der Waals surface area contributed by atoms with Gasteiger partial charge in [0.15, 0.2) is 5.65 Å². The van der Waals surface area contributed by atoms with Crippen LogP contribution in [0.4, 0.5) is 5.95 Å². The third-order valence-electron chi connectivity index (χ3n) is 3.00. The zero-order valence-electron chi connectivity index (χ0n) is 10.6. The largest absolute Gasteiger partial charge is 0.478 e. The van der Waals surface area contributed by atoms with Crippen LogP contribution in [0.1, 0.15) is 16.1 Å². The summed E-state index contributed by atoms with van der Waals surface area (Å²) < 4.78 is 1.56. The maximum absolute atomic E-state index is 11.0. The van der Waals surface area contributed by atoms with Crippen LogP contribution < -0.4 is 5.73 Å². The summed E-state index contributed by atoms with van der Waals surface area (Å²) in [6.07, 6.45) is 3.07. The van der Waals surface area contributed by atoms with Crippen LogP contribution in [0.5, 0.6) is 0 Å². The number of carboxylic acid groups (broad SMARTS) is 1. The molecule has 3 N–H and O–H groups in total. The fourth-order valence-electron chi connectivity index (χ4n) is 2.01. The van der Waals surface area contributed by atoms with Crippen molar-refractivity contribution in [2.75, 3.05) is 5.73 Å². The van der Waals surface area contributed by atoms with Crippen molar-refractivity contribution in [3.63, 3.8) is 0 Å². The second-order valence-electron chi connectivity index (χ2n) is 4.35. The fourth-order valence-corrected chi connectivity index (χ4v) is 2.01. The molecule has 20 heavy (non-hydrogen) atoms. The van der Waals surface area contributed by atoms with Crippen molar-refractivity contribution in [1.82, 2.24) is 19.6 Å². The van der Waals surface area contributed by atoms with Crippen LogP contribution in [0.2, 0.25) is 0 Å². The lowest BCUT2D eigenvalue weighted by Gasteiger charge is -2.06. The number of aryl methyl sites for hydroxylation is 1. The summed E-state index contributed by atoms with van der Waals surface area (Å²) in [4.78, 5) is 19.2. The highest BCUT2D eigenvalue weighted by Gasteiger charge is 2.10. The summed E-state index contributed by atoms with van der Waals surface area (Å²) in [5.41, 5.74) is 8.59. The van der Waals surface area contributed by atoms with Crippen LogP contribution in [0.25, 0.3) is 16.8 Å². The number of anilines is 1. The quantitative estimate of drug-likeness (QED) is 0.727. The molecular weight excluding hydrogens is 258 g/mol. The first kappa shape index (κ1) is 12.1. The number of fused-ring (bicyclic) bond motifs is 1. The molecule has 0 aromatic carbocycles. The van der Waals surface area contributed by atoms with Crippen molar-refractivity contribution in [3.8, 4) is 11.1 Å². The van der Waals surface area contributed by atoms with Crippen LogP contribution in [0, 0.1) is 6.92 Å². The lowest BCUT2D eigenvalue weighted by molar-refractivity contribution is 0.0696. The highest BCUT2D eigenvalue weighted by molar-refractivity contribution is 5.89. The Kier molecular flexibility index (Phi) is 2.60. The summed E-state index contributed by atoms with van der Waals surface area (Å²) >= 11 is 0. The molecule has 0 spiro atoms. The Balaban J connectivity index is 2.18. The molecule has 0 aliphatic rings. The van der Waals surface area contributed by atoms with Gasteiger partial charge >= 0.3 is 5.97 Å². The third-order valence-corrected chi connectivity index (χ3v) is 3.00. The van der Waals surface area contributed by atoms with Crippen LogP contribution in [-0.4, -0.2) is 30.7 Å². The molecule has 0 aliphatic heterocycles. The molecule has 0 saturated carbocycles. The fraction of sp³-hybridized carbons (Fsp3) is 0.0769. The van der Waals surface area contributed by atoms with Gasteiger partial charge in [0.2, 0.25) is 5.95 Å². The molecule has 0 fully saturated rings. The number of nitrogens with two attached hydrogens (primary N) is 1. The molecule has 7 nitrogen and oxygen atoms in total. The Bertz CT molecular complexity index is 825. The van der Waals surface area contributed by atoms with E-state index in [1.54, 1.807) is 22.8 Å². The van der Waals surface area contributed by atoms with E-state index in [0.717, 1.165) is 16.8 Å². The highest BCUT2D eigenvalue weighted by Crippen LogP contribution is 2.24. The first-order valence-electron chi connectivity index (χ1n) is 5.87. The lowest BCUT2D eigenvalue weighted by Crippen LogP contribution is -2.00. The van der Waals surface area contributed by atoms with Gasteiger partial charge in [0, 0.05) is 23.7 Å². The molecule has 3 rings (SSSR count). The third kappa shape index (κ3) is 1.95. The van der Waals surface area contributed by atoms with E-state index in [-0.39, 0.29) is 11.5 Å². The van der Waals surface area contributed by atoms with Gasteiger partial charge in [-0.2, -0.15) is 4.98 Å². The molecule has 3 aromatic rings. The minimum absolute atomic E-state index is 0.145. The number of aromatic nitrogens is 4. The van der Waals surface area contributed by atoms with Gasteiger partial charge < -0.3 is 10.8 Å². The van der Waals surface area contributed by atoms with Crippen molar-refractivity contribution in [2.24, 2.45) is 0 Å². The molecule has 0 aliphatic carbocycles. The van der Waals surface area contributed by atoms with Crippen molar-refractivity contribution < 1.29 is 9.90 Å². The Morgan fingerprint density at radius 1 is 1.40 bits per heavy atom. The Morgan fingerprint density at radius 3 is 2.95 bits per heavy atom. The summed E-state index contributed by atoms with van der Waals surface area (Å²) in [7, 11) is 0. The van der Waals surface area contributed by atoms with E-state index in [1.165, 1.54) is 6.20 Å². The normalized spacial score (nSPS) is 10.8. The highest BCUT2D eigenvalue weighted by atomic mass is 16.4. The van der Waals surface area contributed by atoms with Gasteiger partial charge in [-0.05, 0) is 30.7 Å². The van der Waals surface area contributed by atoms with Crippen molar-refractivity contribution in [2.45, 2.75) is 6.92 Å². The molecule has 3 aromatic heterocycles. The van der Waals surface area contributed by atoms with Gasteiger partial charge in [-0.25, -0.2) is 9.31 Å². The van der Waals surface area contributed by atoms with E-state index in [1.807, 2.05) is 13.0 Å². The smallest absolute Gasteiger partial charge is 0.337 e. The zero-order valence-corrected chi connectivity index (χ0v) is 10.6. The number of hydrogen-bond acceptors (Lipinski definition) is 5. The number of nitrogen functional groups attached to an aromatic ring is 1. The topological polar surface area (TPSA) is 106 Å². The van der Waals surface area contributed by atoms with Crippen molar-refractivity contribution in [1.29, 1.82) is 0 Å². The van der Waals surface area contributed by atoms with E-state index < -0.39 is 5.97 Å². The van der Waals surface area contributed by atoms with E-state index in [2.05, 4.69) is 15.1 Å². The maximum atomic E-state index is 11.0. The van der Waals surface area contributed by atoms with E-state index >= 15 is 0 Å². The van der Waals surface area contributed by atoms with Gasteiger partial charge in [0.25, 0.3) is 0 Å². The minimum Gasteiger partial charge on any atom is -0.478 e. The van der Waals surface area contributed by atoms with Crippen LogP contribution in [0.15, 0.2) is 30.6 Å². The molecule has 0 bridgehead atoms. The molecule has 0 unspecified atom stereocenters. The monoisotopic (exact) mass is 269 g/mol. The lowest BCUT2D eigenvalue weighted by atomic mass is 10.0. The second kappa shape index (κ2) is 4.30. The van der Waals surface area contributed by atoms with Gasteiger partial charge in [-0.3, -0.25) is 4.98 Å². The SMILES string of the molecule is Cc1ncc(C(=O)O)cc1-c1ccn2nc(N)nc2c1. The predicted molar refractivity (Wildman–Crippen MR) is 72.3 cm³/mol. The number of carbonyl (C=O) groups is 1. The second-order valence-corrected chi connectivity index (χ2v) is 4.35. The Morgan fingerprint density at radius 2 is 2.20 bits per heavy atom. The molecular formula is C13H11N5O2. The number of pyridine rings is 2. The standard InChI is InChI=1S/C13H11N5O2/c1-7-10(4-9(6-15-7)12(19)20)8-2-3-18-11(5-8)16-13(14)17-18/h2-6H,1H3,(H2,14,17)(H,19,20). The van der Waals surface area contributed by atoms with Crippen LogP contribution in [0.3, 0.4) is 0 Å². The van der Waals surface area contributed by atoms with Gasteiger partial charge in [0.05, 0.1) is 5.56 Å². The van der Waals surface area contributed by atoms with Gasteiger partial charge in [0.1, 0.15) is 0 Å². The molecule has 0 radical (unpaired) electrons. The predicted octanol–water partition coefficient (Wildman–Crippen LogP) is 1.38. The molecule has 7 heteroatoms. The summed E-state index contributed by atoms with van der Waals surface area (Å²) in [6.45, 7) is 1.82. The van der Waals surface area contributed by atoms with E-state index in [0.29, 0.717) is 5.65 Å². The van der Waals surface area contributed by atoms with Crippen molar-refractivity contribution >= 4 is 17.6 Å². The van der Waals surface area contributed by atoms with E-state index in [9.17, 15) is 4.79 Å². The Hall–Kier alpha value is -2.96. The Labute approximate surface area is 113 Å². The molecule has 100 valence electrons. The number of hydrogen-bond donors (Lipinski definition) is 2. The number of aromatic carboxylic acids is 1. The van der Waals surface area contributed by atoms with Gasteiger partial charge in [-0.15, -0.1) is 5.10 Å². The minimum atomic E-state index is -1.01. The average molecular weight is 269 g/mol. The number of rotatable bonds is 2. The van der Waals surface area contributed by atoms with Crippen molar-refractivity contribution in [3.05, 3.63) is 41.9 Å². The molecule has 3 heterocycles. The zero-order chi connectivity index (χ0) is 14.3. The average Bonchev–Trinajstić information content (AvgIpc) is 2.78. The molecule has 0 atom stereocenters.